The van der Waals surface area contributed by atoms with Crippen molar-refractivity contribution in [3.05, 3.63) is 66.0 Å². The van der Waals surface area contributed by atoms with E-state index in [1.54, 1.807) is 6.08 Å². The van der Waals surface area contributed by atoms with Gasteiger partial charge in [0, 0.05) is 16.9 Å². The molecule has 0 aliphatic carbocycles. The summed E-state index contributed by atoms with van der Waals surface area (Å²) in [5.74, 6) is -0.104. The lowest BCUT2D eigenvalue weighted by Crippen LogP contribution is -2.22. The second kappa shape index (κ2) is 4.06. The number of para-hydroxylation sites is 2. The molecular weight excluding hydrogens is 213 g/mol. The van der Waals surface area contributed by atoms with Crippen LogP contribution < -0.4 is 4.90 Å². The number of hydrogen-bond acceptors (Lipinski definition) is 1. The Morgan fingerprint density at radius 2 is 1.59 bits per heavy atom. The van der Waals surface area contributed by atoms with Crippen LogP contribution in [0.1, 0.15) is 5.56 Å². The lowest BCUT2D eigenvalue weighted by molar-refractivity contribution is 0.619. The zero-order valence-electron chi connectivity index (χ0n) is 9.31. The normalized spacial score (nSPS) is 14.2. The SMILES string of the molecule is FC1=Cc2ccccc2N(c2ccccc2)C1. The Labute approximate surface area is 99.8 Å². The number of rotatable bonds is 1. The highest BCUT2D eigenvalue weighted by molar-refractivity contribution is 5.78. The fourth-order valence-corrected chi connectivity index (χ4v) is 2.14. The molecular formula is C15H12FN. The predicted octanol–water partition coefficient (Wildman–Crippen LogP) is 4.15. The number of anilines is 2. The van der Waals surface area contributed by atoms with Crippen molar-refractivity contribution in [2.75, 3.05) is 11.4 Å². The lowest BCUT2D eigenvalue weighted by atomic mass is 10.1. The van der Waals surface area contributed by atoms with Crippen LogP contribution in [0.25, 0.3) is 6.08 Å². The second-order valence-electron chi connectivity index (χ2n) is 4.07. The Bertz CT molecular complexity index is 560. The zero-order valence-corrected chi connectivity index (χ0v) is 9.31. The largest absolute Gasteiger partial charge is 0.334 e. The minimum absolute atomic E-state index is 0.104. The van der Waals surface area contributed by atoms with E-state index in [4.69, 9.17) is 0 Å². The summed E-state index contributed by atoms with van der Waals surface area (Å²) in [6.45, 7) is 0.307. The van der Waals surface area contributed by atoms with Gasteiger partial charge in [0.1, 0.15) is 5.83 Å². The van der Waals surface area contributed by atoms with E-state index < -0.39 is 0 Å². The quantitative estimate of drug-likeness (QED) is 0.704. The molecule has 1 aliphatic heterocycles. The molecule has 0 saturated heterocycles. The molecule has 1 heterocycles. The molecule has 1 nitrogen and oxygen atoms in total. The van der Waals surface area contributed by atoms with Crippen molar-refractivity contribution >= 4 is 17.5 Å². The van der Waals surface area contributed by atoms with Gasteiger partial charge < -0.3 is 4.90 Å². The van der Waals surface area contributed by atoms with Gasteiger partial charge in [-0.3, -0.25) is 0 Å². The molecule has 0 radical (unpaired) electrons. The molecule has 2 heteroatoms. The number of hydrogen-bond donors (Lipinski definition) is 0. The molecule has 17 heavy (non-hydrogen) atoms. The van der Waals surface area contributed by atoms with Crippen LogP contribution in [-0.2, 0) is 0 Å². The average Bonchev–Trinajstić information content (AvgIpc) is 2.39. The molecule has 0 fully saturated rings. The Balaban J connectivity index is 2.11. The van der Waals surface area contributed by atoms with E-state index in [1.165, 1.54) is 0 Å². The molecule has 0 spiro atoms. The molecule has 0 atom stereocenters. The van der Waals surface area contributed by atoms with Crippen LogP contribution in [0.3, 0.4) is 0 Å². The third-order valence-corrected chi connectivity index (χ3v) is 2.92. The molecule has 1 aliphatic rings. The maximum atomic E-state index is 13.6. The second-order valence-corrected chi connectivity index (χ2v) is 4.07. The number of fused-ring (bicyclic) bond motifs is 1. The maximum Gasteiger partial charge on any atom is 0.120 e. The van der Waals surface area contributed by atoms with Gasteiger partial charge in [-0.15, -0.1) is 0 Å². The molecule has 3 rings (SSSR count). The fourth-order valence-electron chi connectivity index (χ4n) is 2.14. The fraction of sp³-hybridized carbons (Fsp3) is 0.0667. The predicted molar refractivity (Wildman–Crippen MR) is 69.0 cm³/mol. The Morgan fingerprint density at radius 1 is 0.882 bits per heavy atom. The van der Waals surface area contributed by atoms with Crippen LogP contribution in [0.4, 0.5) is 15.8 Å². The average molecular weight is 225 g/mol. The number of nitrogens with zero attached hydrogens (tertiary/aromatic N) is 1. The van der Waals surface area contributed by atoms with Crippen molar-refractivity contribution in [1.29, 1.82) is 0 Å². The van der Waals surface area contributed by atoms with E-state index in [0.29, 0.717) is 6.54 Å². The van der Waals surface area contributed by atoms with Gasteiger partial charge in [-0.25, -0.2) is 4.39 Å². The first-order valence-electron chi connectivity index (χ1n) is 5.62. The van der Waals surface area contributed by atoms with Crippen LogP contribution >= 0.6 is 0 Å². The van der Waals surface area contributed by atoms with Crippen molar-refractivity contribution in [1.82, 2.24) is 0 Å². The van der Waals surface area contributed by atoms with E-state index in [-0.39, 0.29) is 5.83 Å². The van der Waals surface area contributed by atoms with Crippen molar-refractivity contribution < 1.29 is 4.39 Å². The topological polar surface area (TPSA) is 3.24 Å². The van der Waals surface area contributed by atoms with E-state index >= 15 is 0 Å². The van der Waals surface area contributed by atoms with Crippen molar-refractivity contribution in [2.45, 2.75) is 0 Å². The van der Waals surface area contributed by atoms with Gasteiger partial charge >= 0.3 is 0 Å². The van der Waals surface area contributed by atoms with Crippen LogP contribution in [0.5, 0.6) is 0 Å². The number of benzene rings is 2. The van der Waals surface area contributed by atoms with Gasteiger partial charge in [-0.05, 0) is 24.3 Å². The summed E-state index contributed by atoms with van der Waals surface area (Å²) in [4.78, 5) is 1.99. The van der Waals surface area contributed by atoms with Gasteiger partial charge in [0.05, 0.1) is 6.54 Å². The first-order valence-corrected chi connectivity index (χ1v) is 5.62. The van der Waals surface area contributed by atoms with Gasteiger partial charge in [0.2, 0.25) is 0 Å². The van der Waals surface area contributed by atoms with Crippen LogP contribution in [-0.4, -0.2) is 6.54 Å². The molecule has 2 aromatic carbocycles. The molecule has 0 N–H and O–H groups in total. The van der Waals surface area contributed by atoms with Gasteiger partial charge in [-0.1, -0.05) is 36.4 Å². The molecule has 0 saturated carbocycles. The standard InChI is InChI=1S/C15H12FN/c16-13-10-12-6-4-5-9-15(12)17(11-13)14-7-2-1-3-8-14/h1-10H,11H2. The maximum absolute atomic E-state index is 13.6. The molecule has 2 aromatic rings. The highest BCUT2D eigenvalue weighted by Crippen LogP contribution is 2.34. The third kappa shape index (κ3) is 1.82. The molecule has 0 amide bonds. The first-order chi connectivity index (χ1) is 8.34. The Morgan fingerprint density at radius 3 is 2.41 bits per heavy atom. The van der Waals surface area contributed by atoms with E-state index in [9.17, 15) is 4.39 Å². The summed E-state index contributed by atoms with van der Waals surface area (Å²) in [7, 11) is 0. The van der Waals surface area contributed by atoms with E-state index in [0.717, 1.165) is 16.9 Å². The van der Waals surface area contributed by atoms with Gasteiger partial charge in [0.25, 0.3) is 0 Å². The molecule has 0 unspecified atom stereocenters. The smallest absolute Gasteiger partial charge is 0.120 e. The van der Waals surface area contributed by atoms with Crippen LogP contribution in [0.2, 0.25) is 0 Å². The van der Waals surface area contributed by atoms with Crippen molar-refractivity contribution in [3.8, 4) is 0 Å². The molecule has 0 bridgehead atoms. The highest BCUT2D eigenvalue weighted by Gasteiger charge is 2.18. The number of halogens is 1. The lowest BCUT2D eigenvalue weighted by Gasteiger charge is -2.29. The van der Waals surface area contributed by atoms with Crippen molar-refractivity contribution in [2.24, 2.45) is 0 Å². The summed E-state index contributed by atoms with van der Waals surface area (Å²) in [6.07, 6.45) is 1.61. The zero-order chi connectivity index (χ0) is 11.7. The first kappa shape index (κ1) is 10.1. The van der Waals surface area contributed by atoms with E-state index in [2.05, 4.69) is 0 Å². The molecule has 0 aromatic heterocycles. The molecule has 84 valence electrons. The summed E-state index contributed by atoms with van der Waals surface area (Å²) < 4.78 is 13.6. The Kier molecular flexibility index (Phi) is 2.41. The van der Waals surface area contributed by atoms with Crippen molar-refractivity contribution in [3.63, 3.8) is 0 Å². The van der Waals surface area contributed by atoms with Gasteiger partial charge in [-0.2, -0.15) is 0 Å². The van der Waals surface area contributed by atoms with E-state index in [1.807, 2.05) is 59.5 Å². The Hall–Kier alpha value is -2.09. The summed E-state index contributed by atoms with van der Waals surface area (Å²) in [6, 6.07) is 17.7. The summed E-state index contributed by atoms with van der Waals surface area (Å²) in [5, 5.41) is 0. The monoisotopic (exact) mass is 225 g/mol. The third-order valence-electron chi connectivity index (χ3n) is 2.92. The van der Waals surface area contributed by atoms with Gasteiger partial charge in [0.15, 0.2) is 0 Å². The minimum Gasteiger partial charge on any atom is -0.334 e. The summed E-state index contributed by atoms with van der Waals surface area (Å²) in [5.41, 5.74) is 3.00. The van der Waals surface area contributed by atoms with Crippen LogP contribution in [0, 0.1) is 0 Å². The minimum atomic E-state index is -0.104. The van der Waals surface area contributed by atoms with Crippen LogP contribution in [0.15, 0.2) is 60.4 Å². The highest BCUT2D eigenvalue weighted by atomic mass is 19.1. The summed E-state index contributed by atoms with van der Waals surface area (Å²) >= 11 is 0.